The molecule has 22 heavy (non-hydrogen) atoms. The van der Waals surface area contributed by atoms with Crippen molar-refractivity contribution < 1.29 is 0 Å². The lowest BCUT2D eigenvalue weighted by Crippen LogP contribution is -2.40. The zero-order valence-corrected chi connectivity index (χ0v) is 16.3. The third-order valence-electron chi connectivity index (χ3n) is 4.00. The minimum absolute atomic E-state index is 0. The summed E-state index contributed by atoms with van der Waals surface area (Å²) < 4.78 is 0. The van der Waals surface area contributed by atoms with Gasteiger partial charge in [0.15, 0.2) is 5.96 Å². The van der Waals surface area contributed by atoms with E-state index in [1.807, 2.05) is 7.05 Å². The molecule has 0 bridgehead atoms. The number of hydrogen-bond acceptors (Lipinski definition) is 2. The first-order valence-corrected chi connectivity index (χ1v) is 7.92. The zero-order chi connectivity index (χ0) is 15.1. The summed E-state index contributed by atoms with van der Waals surface area (Å²) in [4.78, 5) is 8.85. The predicted octanol–water partition coefficient (Wildman–Crippen LogP) is 2.97. The molecule has 1 aromatic carbocycles. The lowest BCUT2D eigenvalue weighted by molar-refractivity contribution is 0.492. The van der Waals surface area contributed by atoms with E-state index in [1.54, 1.807) is 0 Å². The Morgan fingerprint density at radius 1 is 1.18 bits per heavy atom. The van der Waals surface area contributed by atoms with Crippen molar-refractivity contribution >= 4 is 35.6 Å². The highest BCUT2D eigenvalue weighted by Gasteiger charge is 2.14. The second kappa shape index (κ2) is 9.92. The van der Waals surface area contributed by atoms with Crippen molar-refractivity contribution in [3.63, 3.8) is 0 Å². The van der Waals surface area contributed by atoms with Crippen LogP contribution in [0.2, 0.25) is 0 Å². The molecule has 4 nitrogen and oxygen atoms in total. The number of aryl methyl sites for hydroxylation is 1. The Labute approximate surface area is 152 Å². The summed E-state index contributed by atoms with van der Waals surface area (Å²) in [5, 5.41) is 3.48. The van der Waals surface area contributed by atoms with Crippen molar-refractivity contribution in [1.29, 1.82) is 0 Å². The van der Waals surface area contributed by atoms with Crippen LogP contribution in [0.3, 0.4) is 0 Å². The quantitative estimate of drug-likeness (QED) is 0.347. The minimum Gasteiger partial charge on any atom is -0.378 e. The van der Waals surface area contributed by atoms with E-state index in [0.717, 1.165) is 38.4 Å². The van der Waals surface area contributed by atoms with Crippen molar-refractivity contribution in [2.24, 2.45) is 4.99 Å². The van der Waals surface area contributed by atoms with E-state index in [0.29, 0.717) is 0 Å². The molecule has 1 aliphatic heterocycles. The van der Waals surface area contributed by atoms with Gasteiger partial charge in [0.05, 0.1) is 0 Å². The molecule has 0 aromatic heterocycles. The Balaban J connectivity index is 0.00000242. The summed E-state index contributed by atoms with van der Waals surface area (Å²) in [6.45, 7) is 3.27. The van der Waals surface area contributed by atoms with E-state index >= 15 is 0 Å². The number of benzene rings is 1. The number of nitrogens with zero attached hydrogens (tertiary/aromatic N) is 3. The highest BCUT2D eigenvalue weighted by atomic mass is 127. The molecular weight excluding hydrogens is 387 g/mol. The van der Waals surface area contributed by atoms with Crippen LogP contribution >= 0.6 is 24.0 Å². The Morgan fingerprint density at radius 2 is 1.82 bits per heavy atom. The van der Waals surface area contributed by atoms with Gasteiger partial charge in [-0.15, -0.1) is 24.0 Å². The van der Waals surface area contributed by atoms with Gasteiger partial charge in [0, 0.05) is 46.5 Å². The summed E-state index contributed by atoms with van der Waals surface area (Å²) in [7, 11) is 6.02. The summed E-state index contributed by atoms with van der Waals surface area (Å²) in [5.41, 5.74) is 2.66. The number of nitrogens with one attached hydrogen (secondary N) is 1. The average molecular weight is 416 g/mol. The molecule has 1 fully saturated rings. The first-order valence-electron chi connectivity index (χ1n) is 7.92. The summed E-state index contributed by atoms with van der Waals surface area (Å²) in [6, 6.07) is 8.83. The van der Waals surface area contributed by atoms with E-state index in [-0.39, 0.29) is 24.0 Å². The summed E-state index contributed by atoms with van der Waals surface area (Å²) in [5.74, 6) is 1.07. The molecule has 0 unspecified atom stereocenters. The first kappa shape index (κ1) is 19.1. The molecule has 1 saturated heterocycles. The predicted molar refractivity (Wildman–Crippen MR) is 107 cm³/mol. The number of hydrogen-bond donors (Lipinski definition) is 1. The molecule has 1 heterocycles. The van der Waals surface area contributed by atoms with Crippen molar-refractivity contribution in [2.75, 3.05) is 45.7 Å². The Hall–Kier alpha value is -0.980. The maximum absolute atomic E-state index is 4.37. The van der Waals surface area contributed by atoms with Crippen molar-refractivity contribution in [1.82, 2.24) is 10.2 Å². The second-order valence-electron chi connectivity index (χ2n) is 5.83. The van der Waals surface area contributed by atoms with Crippen molar-refractivity contribution in [3.8, 4) is 0 Å². The van der Waals surface area contributed by atoms with Crippen LogP contribution in [-0.4, -0.2) is 51.6 Å². The number of anilines is 1. The van der Waals surface area contributed by atoms with Crippen LogP contribution in [-0.2, 0) is 6.42 Å². The third kappa shape index (κ3) is 5.66. The number of likely N-dealkylation sites (tertiary alicyclic amines) is 1. The normalized spacial score (nSPS) is 14.7. The van der Waals surface area contributed by atoms with Crippen molar-refractivity contribution in [2.45, 2.75) is 25.7 Å². The largest absolute Gasteiger partial charge is 0.378 e. The fraction of sp³-hybridized carbons (Fsp3) is 0.588. The van der Waals surface area contributed by atoms with Gasteiger partial charge in [0.25, 0.3) is 0 Å². The fourth-order valence-electron chi connectivity index (χ4n) is 2.71. The van der Waals surface area contributed by atoms with Gasteiger partial charge in [-0.3, -0.25) is 4.99 Å². The smallest absolute Gasteiger partial charge is 0.193 e. The zero-order valence-electron chi connectivity index (χ0n) is 14.0. The van der Waals surface area contributed by atoms with Gasteiger partial charge in [0.2, 0.25) is 0 Å². The van der Waals surface area contributed by atoms with Gasteiger partial charge < -0.3 is 15.1 Å². The molecule has 0 amide bonds. The van der Waals surface area contributed by atoms with Gasteiger partial charge >= 0.3 is 0 Å². The number of halogens is 1. The lowest BCUT2D eigenvalue weighted by atomic mass is 10.1. The van der Waals surface area contributed by atoms with Gasteiger partial charge in [0.1, 0.15) is 0 Å². The standard InChI is InChI=1S/C17H28N4.HI/c1-18-17(21-13-4-5-14-21)19-12-6-7-15-8-10-16(11-9-15)20(2)3;/h8-11H,4-7,12-14H2,1-3H3,(H,18,19);1H. The molecule has 1 aliphatic rings. The van der Waals surface area contributed by atoms with Crippen LogP contribution in [0.5, 0.6) is 0 Å². The molecule has 0 spiro atoms. The molecular formula is C17H29IN4. The van der Waals surface area contributed by atoms with E-state index in [4.69, 9.17) is 0 Å². The molecule has 2 rings (SSSR count). The second-order valence-corrected chi connectivity index (χ2v) is 5.83. The molecule has 124 valence electrons. The Bertz CT molecular complexity index is 450. The minimum atomic E-state index is 0. The van der Waals surface area contributed by atoms with Crippen LogP contribution < -0.4 is 10.2 Å². The van der Waals surface area contributed by atoms with Crippen LogP contribution in [0.4, 0.5) is 5.69 Å². The summed E-state index contributed by atoms with van der Waals surface area (Å²) in [6.07, 6.45) is 4.82. The van der Waals surface area contributed by atoms with E-state index in [1.165, 1.54) is 24.1 Å². The van der Waals surface area contributed by atoms with E-state index in [9.17, 15) is 0 Å². The lowest BCUT2D eigenvalue weighted by Gasteiger charge is -2.20. The topological polar surface area (TPSA) is 30.9 Å². The molecule has 0 aliphatic carbocycles. The molecule has 0 radical (unpaired) electrons. The molecule has 5 heteroatoms. The van der Waals surface area contributed by atoms with Crippen LogP contribution in [0, 0.1) is 0 Å². The highest BCUT2D eigenvalue weighted by Crippen LogP contribution is 2.13. The monoisotopic (exact) mass is 416 g/mol. The van der Waals surface area contributed by atoms with Crippen LogP contribution in [0.1, 0.15) is 24.8 Å². The number of aliphatic imine (C=N–C) groups is 1. The van der Waals surface area contributed by atoms with E-state index in [2.05, 4.69) is 58.5 Å². The van der Waals surface area contributed by atoms with E-state index < -0.39 is 0 Å². The Kier molecular flexibility index (Phi) is 8.60. The maximum Gasteiger partial charge on any atom is 0.193 e. The number of guanidine groups is 1. The highest BCUT2D eigenvalue weighted by molar-refractivity contribution is 14.0. The molecule has 0 atom stereocenters. The van der Waals surface area contributed by atoms with Gasteiger partial charge in [-0.2, -0.15) is 0 Å². The SMILES string of the molecule is CN=C(NCCCc1ccc(N(C)C)cc1)N1CCCC1.I. The van der Waals surface area contributed by atoms with Crippen LogP contribution in [0.15, 0.2) is 29.3 Å². The van der Waals surface area contributed by atoms with Gasteiger partial charge in [-0.1, -0.05) is 12.1 Å². The molecule has 1 aromatic rings. The number of rotatable bonds is 5. The van der Waals surface area contributed by atoms with Crippen LogP contribution in [0.25, 0.3) is 0 Å². The molecule has 1 N–H and O–H groups in total. The van der Waals surface area contributed by atoms with Crippen molar-refractivity contribution in [3.05, 3.63) is 29.8 Å². The van der Waals surface area contributed by atoms with Gasteiger partial charge in [-0.05, 0) is 43.4 Å². The summed E-state index contributed by atoms with van der Waals surface area (Å²) >= 11 is 0. The van der Waals surface area contributed by atoms with Gasteiger partial charge in [-0.25, -0.2) is 0 Å². The molecule has 0 saturated carbocycles. The average Bonchev–Trinajstić information content (AvgIpc) is 3.02. The maximum atomic E-state index is 4.37. The first-order chi connectivity index (χ1) is 10.2. The third-order valence-corrected chi connectivity index (χ3v) is 4.00. The Morgan fingerprint density at radius 3 is 2.36 bits per heavy atom. The fourth-order valence-corrected chi connectivity index (χ4v) is 2.71.